The lowest BCUT2D eigenvalue weighted by molar-refractivity contribution is -0.137. The van der Waals surface area contributed by atoms with Gasteiger partial charge in [-0.2, -0.15) is 23.3 Å². The molecule has 0 bridgehead atoms. The van der Waals surface area contributed by atoms with Gasteiger partial charge in [0.1, 0.15) is 5.69 Å². The van der Waals surface area contributed by atoms with Gasteiger partial charge in [-0.25, -0.2) is 17.9 Å². The number of carbonyl (C=O) groups is 1. The molecule has 4 aromatic rings. The van der Waals surface area contributed by atoms with Crippen molar-refractivity contribution in [1.82, 2.24) is 19.9 Å². The first-order valence-corrected chi connectivity index (χ1v) is 11.9. The van der Waals surface area contributed by atoms with Gasteiger partial charge in [0.05, 0.1) is 20.6 Å². The van der Waals surface area contributed by atoms with Gasteiger partial charge in [0.2, 0.25) is 5.82 Å². The Morgan fingerprint density at radius 1 is 1.15 bits per heavy atom. The third-order valence-corrected chi connectivity index (χ3v) is 6.48. The van der Waals surface area contributed by atoms with E-state index in [1.54, 1.807) is 0 Å². The maximum atomic E-state index is 13.6. The topological polar surface area (TPSA) is 128 Å². The van der Waals surface area contributed by atoms with Gasteiger partial charge in [0, 0.05) is 11.8 Å². The van der Waals surface area contributed by atoms with Gasteiger partial charge < -0.3 is 9.63 Å². The number of aromatic nitrogens is 4. The molecule has 0 spiro atoms. The van der Waals surface area contributed by atoms with Crippen LogP contribution in [0.25, 0.3) is 28.7 Å². The number of halogens is 4. The molecule has 2 heterocycles. The molecule has 0 aliphatic rings. The number of hydrogen-bond donors (Lipinski definition) is 1. The predicted molar refractivity (Wildman–Crippen MR) is 115 cm³/mol. The van der Waals surface area contributed by atoms with Crippen LogP contribution in [0.3, 0.4) is 0 Å². The molecule has 14 heteroatoms. The largest absolute Gasteiger partial charge is 0.476 e. The van der Waals surface area contributed by atoms with Crippen molar-refractivity contribution in [3.05, 3.63) is 64.3 Å². The molecule has 0 saturated carbocycles. The molecule has 2 aromatic carbocycles. The van der Waals surface area contributed by atoms with Gasteiger partial charge in [-0.1, -0.05) is 23.4 Å². The average Bonchev–Trinajstić information content (AvgIpc) is 3.37. The molecular formula is C20H12BrF3N4O5S. The van der Waals surface area contributed by atoms with Crippen molar-refractivity contribution in [3.63, 3.8) is 0 Å². The maximum absolute atomic E-state index is 13.6. The molecule has 9 nitrogen and oxygen atoms in total. The second-order valence-corrected chi connectivity index (χ2v) is 9.77. The molecule has 0 fully saturated rings. The summed E-state index contributed by atoms with van der Waals surface area (Å²) in [5, 5.41) is 17.1. The number of sulfone groups is 1. The van der Waals surface area contributed by atoms with Crippen molar-refractivity contribution >= 4 is 31.7 Å². The summed E-state index contributed by atoms with van der Waals surface area (Å²) in [5.41, 5.74) is -2.06. The molecule has 0 aliphatic carbocycles. The number of benzene rings is 2. The monoisotopic (exact) mass is 556 g/mol. The number of para-hydroxylation sites is 1. The number of rotatable bonds is 5. The zero-order valence-electron chi connectivity index (χ0n) is 16.9. The third-order valence-electron chi connectivity index (χ3n) is 4.61. The fourth-order valence-corrected chi connectivity index (χ4v) is 4.36. The fourth-order valence-electron chi connectivity index (χ4n) is 3.10. The normalized spacial score (nSPS) is 12.1. The van der Waals surface area contributed by atoms with Crippen molar-refractivity contribution in [3.8, 4) is 28.7 Å². The predicted octanol–water partition coefficient (Wildman–Crippen LogP) is 4.47. The fraction of sp³-hybridized carbons (Fsp3) is 0.100. The molecule has 0 aliphatic heterocycles. The van der Waals surface area contributed by atoms with E-state index in [0.29, 0.717) is 0 Å². The van der Waals surface area contributed by atoms with Crippen LogP contribution in [0.4, 0.5) is 13.2 Å². The van der Waals surface area contributed by atoms with E-state index in [9.17, 15) is 31.5 Å². The zero-order valence-corrected chi connectivity index (χ0v) is 19.3. The van der Waals surface area contributed by atoms with Crippen LogP contribution < -0.4 is 0 Å². The van der Waals surface area contributed by atoms with Gasteiger partial charge in [-0.05, 0) is 46.3 Å². The molecule has 1 N–H and O–H groups in total. The molecule has 0 amide bonds. The van der Waals surface area contributed by atoms with Crippen LogP contribution in [0.5, 0.6) is 0 Å². The Labute approximate surface area is 197 Å². The lowest BCUT2D eigenvalue weighted by Gasteiger charge is -2.13. The Hall–Kier alpha value is -3.52. The Balaban J connectivity index is 1.92. The van der Waals surface area contributed by atoms with Crippen LogP contribution in [0.2, 0.25) is 0 Å². The Morgan fingerprint density at radius 2 is 1.85 bits per heavy atom. The first-order chi connectivity index (χ1) is 15.9. The van der Waals surface area contributed by atoms with E-state index in [2.05, 4.69) is 31.2 Å². The molecule has 0 atom stereocenters. The number of carboxylic acids is 1. The first-order valence-electron chi connectivity index (χ1n) is 9.21. The van der Waals surface area contributed by atoms with E-state index >= 15 is 0 Å². The molecule has 34 heavy (non-hydrogen) atoms. The lowest BCUT2D eigenvalue weighted by Crippen LogP contribution is -2.12. The minimum Gasteiger partial charge on any atom is -0.476 e. The van der Waals surface area contributed by atoms with Crippen molar-refractivity contribution in [1.29, 1.82) is 0 Å². The van der Waals surface area contributed by atoms with Crippen molar-refractivity contribution in [2.45, 2.75) is 11.1 Å². The van der Waals surface area contributed by atoms with E-state index in [1.165, 1.54) is 36.4 Å². The van der Waals surface area contributed by atoms with Gasteiger partial charge in [-0.3, -0.25) is 0 Å². The van der Waals surface area contributed by atoms with Crippen molar-refractivity contribution < 1.29 is 36.0 Å². The molecule has 4 rings (SSSR count). The minimum atomic E-state index is -4.76. The Morgan fingerprint density at radius 3 is 2.50 bits per heavy atom. The van der Waals surface area contributed by atoms with E-state index in [0.717, 1.165) is 23.1 Å². The summed E-state index contributed by atoms with van der Waals surface area (Å²) in [6.45, 7) is 0. The summed E-state index contributed by atoms with van der Waals surface area (Å²) in [5.74, 6) is -1.91. The summed E-state index contributed by atoms with van der Waals surface area (Å²) in [6.07, 6.45) is -3.74. The van der Waals surface area contributed by atoms with E-state index in [-0.39, 0.29) is 32.3 Å². The van der Waals surface area contributed by atoms with E-state index < -0.39 is 38.9 Å². The van der Waals surface area contributed by atoms with Crippen LogP contribution >= 0.6 is 15.9 Å². The minimum absolute atomic E-state index is 0.0109. The van der Waals surface area contributed by atoms with Gasteiger partial charge in [-0.15, -0.1) is 0 Å². The summed E-state index contributed by atoms with van der Waals surface area (Å²) in [4.78, 5) is 15.8. The van der Waals surface area contributed by atoms with E-state index in [4.69, 9.17) is 4.52 Å². The van der Waals surface area contributed by atoms with Crippen LogP contribution in [0, 0.1) is 0 Å². The molecule has 0 unspecified atom stereocenters. The number of nitrogens with zero attached hydrogens (tertiary/aromatic N) is 4. The van der Waals surface area contributed by atoms with Gasteiger partial charge in [0.25, 0.3) is 5.89 Å². The average molecular weight is 557 g/mol. The summed E-state index contributed by atoms with van der Waals surface area (Å²) < 4.78 is 70.3. The molecule has 0 radical (unpaired) electrons. The number of alkyl halides is 3. The standard InChI is InChI=1S/C20H12BrF3N4O5S/c1-34(31,32)11-6-4-5-10(9-11)18-25-17(27-33-18)16-14(21)15(19(29)30)26-28(16)13-8-3-2-7-12(13)20(22,23)24/h2-9H,1H3,(H,29,30). The van der Waals surface area contributed by atoms with Crippen molar-refractivity contribution in [2.75, 3.05) is 6.26 Å². The van der Waals surface area contributed by atoms with Gasteiger partial charge >= 0.3 is 12.1 Å². The second kappa shape index (κ2) is 8.36. The first kappa shape index (κ1) is 23.6. The second-order valence-electron chi connectivity index (χ2n) is 6.97. The van der Waals surface area contributed by atoms with Crippen molar-refractivity contribution in [2.24, 2.45) is 0 Å². The van der Waals surface area contributed by atoms with Crippen LogP contribution in [0.15, 0.2) is 62.4 Å². The number of aromatic carboxylic acids is 1. The van der Waals surface area contributed by atoms with Crippen LogP contribution in [-0.4, -0.2) is 45.7 Å². The number of carboxylic acid groups (broad SMARTS) is 1. The van der Waals surface area contributed by atoms with Crippen LogP contribution in [-0.2, 0) is 16.0 Å². The highest BCUT2D eigenvalue weighted by Crippen LogP contribution is 2.38. The highest BCUT2D eigenvalue weighted by Gasteiger charge is 2.36. The zero-order chi connectivity index (χ0) is 24.8. The highest BCUT2D eigenvalue weighted by molar-refractivity contribution is 9.10. The Bertz CT molecular complexity index is 1530. The third kappa shape index (κ3) is 4.33. The quantitative estimate of drug-likeness (QED) is 0.381. The smallest absolute Gasteiger partial charge is 0.418 e. The van der Waals surface area contributed by atoms with Crippen LogP contribution in [0.1, 0.15) is 16.1 Å². The molecule has 2 aromatic heterocycles. The number of hydrogen-bond acceptors (Lipinski definition) is 7. The summed E-state index contributed by atoms with van der Waals surface area (Å²) >= 11 is 3.07. The van der Waals surface area contributed by atoms with E-state index in [1.807, 2.05) is 0 Å². The maximum Gasteiger partial charge on any atom is 0.418 e. The van der Waals surface area contributed by atoms with Gasteiger partial charge in [0.15, 0.2) is 15.5 Å². The molecular weight excluding hydrogens is 545 g/mol. The summed E-state index contributed by atoms with van der Waals surface area (Å²) in [6, 6.07) is 10.1. The Kier molecular flexibility index (Phi) is 5.81. The highest BCUT2D eigenvalue weighted by atomic mass is 79.9. The SMILES string of the molecule is CS(=O)(=O)c1cccc(-c2nc(-c3c(Br)c(C(=O)O)nn3-c3ccccc3C(F)(F)F)no2)c1. The lowest BCUT2D eigenvalue weighted by atomic mass is 10.1. The molecule has 0 saturated heterocycles. The molecule has 176 valence electrons. The summed E-state index contributed by atoms with van der Waals surface area (Å²) in [7, 11) is -3.54.